The van der Waals surface area contributed by atoms with Crippen LogP contribution in [0.1, 0.15) is 167 Å². The zero-order valence-electron chi connectivity index (χ0n) is 32.1. The van der Waals surface area contributed by atoms with E-state index in [9.17, 15) is 37.8 Å². The lowest BCUT2D eigenvalue weighted by Gasteiger charge is -2.38. The molecule has 6 aliphatic rings. The van der Waals surface area contributed by atoms with Crippen LogP contribution in [0, 0.1) is 47.3 Å². The van der Waals surface area contributed by atoms with Crippen LogP contribution in [0.25, 0.3) is 0 Å². The average molecular weight is 761 g/mol. The summed E-state index contributed by atoms with van der Waals surface area (Å²) in [7, 11) is -3.56. The molecule has 2 amide bonds. The lowest BCUT2D eigenvalue weighted by molar-refractivity contribution is -0.150. The standard InChI is InChI=1S/C42H68N2O8S/c45-39(37-23-29(17-19-35(37)41(47)48)21-27-9-3-1-4-10-27)43-31-13-7-15-33(25-31)53(51,52)34-16-8-14-32(26-34)44-40(46)38-24-30(18-20-36(38)42(49)50)22-28-11-5-2-6-12-28/h27-38H,1-26H2,(H,43,45)(H,44,46)(H,47,48)(H,49,50). The molecule has 0 bridgehead atoms. The Bertz CT molecular complexity index is 1280. The fraction of sp³-hybridized carbons (Fsp3) is 0.905. The Morgan fingerprint density at radius 3 is 1.21 bits per heavy atom. The number of carbonyl (C=O) groups excluding carboxylic acids is 2. The summed E-state index contributed by atoms with van der Waals surface area (Å²) in [5, 5.41) is 25.1. The third-order valence-electron chi connectivity index (χ3n) is 14.9. The second kappa shape index (κ2) is 18.6. The maximum Gasteiger partial charge on any atom is 0.307 e. The Labute approximate surface area is 318 Å². The van der Waals surface area contributed by atoms with Gasteiger partial charge in [-0.15, -0.1) is 0 Å². The normalized spacial score (nSPS) is 36.6. The highest BCUT2D eigenvalue weighted by Gasteiger charge is 2.45. The van der Waals surface area contributed by atoms with E-state index < -0.39 is 55.9 Å². The second-order valence-corrected chi connectivity index (χ2v) is 21.0. The van der Waals surface area contributed by atoms with Gasteiger partial charge in [0.2, 0.25) is 11.8 Å². The van der Waals surface area contributed by atoms with Crippen molar-refractivity contribution in [2.75, 3.05) is 0 Å². The minimum Gasteiger partial charge on any atom is -0.481 e. The quantitative estimate of drug-likeness (QED) is 0.159. The SMILES string of the molecule is O=C(O)C1CCC(CC2CCCCC2)CC1C(=O)NC1CCCC(S(=O)(=O)C2CCCC(NC(=O)C3CC(CC4CCCCC4)CCC3C(=O)O)C2)C1. The van der Waals surface area contributed by atoms with E-state index in [0.29, 0.717) is 101 Å². The monoisotopic (exact) mass is 760 g/mol. The zero-order chi connectivity index (χ0) is 37.5. The number of rotatable bonds is 12. The first-order valence-electron chi connectivity index (χ1n) is 21.8. The highest BCUT2D eigenvalue weighted by atomic mass is 32.2. The second-order valence-electron chi connectivity index (χ2n) is 18.5. The molecular weight excluding hydrogens is 693 g/mol. The summed E-state index contributed by atoms with van der Waals surface area (Å²) in [5.41, 5.74) is 0. The topological polar surface area (TPSA) is 167 Å². The molecule has 0 aliphatic heterocycles. The van der Waals surface area contributed by atoms with E-state index >= 15 is 0 Å². The third kappa shape index (κ3) is 10.6. The number of aliphatic carboxylic acids is 2. The van der Waals surface area contributed by atoms with Gasteiger partial charge in [-0.3, -0.25) is 19.2 Å². The molecule has 300 valence electrons. The number of hydrogen-bond donors (Lipinski definition) is 4. The summed E-state index contributed by atoms with van der Waals surface area (Å²) in [6.07, 6.45) is 23.1. The zero-order valence-corrected chi connectivity index (χ0v) is 32.9. The number of hydrogen-bond acceptors (Lipinski definition) is 6. The molecule has 53 heavy (non-hydrogen) atoms. The van der Waals surface area contributed by atoms with Gasteiger partial charge in [0.05, 0.1) is 34.2 Å². The summed E-state index contributed by atoms with van der Waals surface area (Å²) in [6, 6.07) is -0.604. The Hall–Kier alpha value is -2.17. The van der Waals surface area contributed by atoms with Crippen molar-refractivity contribution in [3.05, 3.63) is 0 Å². The molecule has 10 unspecified atom stereocenters. The molecular formula is C42H68N2O8S. The molecule has 6 saturated carbocycles. The van der Waals surface area contributed by atoms with E-state index in [1.165, 1.54) is 64.2 Å². The van der Waals surface area contributed by atoms with Crippen LogP contribution in [-0.4, -0.2) is 65.0 Å². The van der Waals surface area contributed by atoms with Gasteiger partial charge >= 0.3 is 11.9 Å². The van der Waals surface area contributed by atoms with E-state index in [2.05, 4.69) is 10.6 Å². The van der Waals surface area contributed by atoms with Crippen molar-refractivity contribution in [2.24, 2.45) is 47.3 Å². The fourth-order valence-electron chi connectivity index (χ4n) is 11.9. The van der Waals surface area contributed by atoms with Gasteiger partial charge in [-0.05, 0) is 114 Å². The van der Waals surface area contributed by atoms with Crippen molar-refractivity contribution in [3.63, 3.8) is 0 Å². The number of carbonyl (C=O) groups is 4. The third-order valence-corrected chi connectivity index (χ3v) is 17.6. The van der Waals surface area contributed by atoms with E-state index in [-0.39, 0.29) is 23.9 Å². The number of sulfone groups is 1. The maximum atomic E-state index is 14.2. The van der Waals surface area contributed by atoms with Gasteiger partial charge in [-0.2, -0.15) is 0 Å². The lowest BCUT2D eigenvalue weighted by atomic mass is 9.69. The highest BCUT2D eigenvalue weighted by molar-refractivity contribution is 7.92. The van der Waals surface area contributed by atoms with Gasteiger partial charge in [0.15, 0.2) is 9.84 Å². The summed E-state index contributed by atoms with van der Waals surface area (Å²) < 4.78 is 28.3. The van der Waals surface area contributed by atoms with Crippen LogP contribution in [0.15, 0.2) is 0 Å². The molecule has 11 heteroatoms. The van der Waals surface area contributed by atoms with Crippen molar-refractivity contribution in [1.82, 2.24) is 10.6 Å². The van der Waals surface area contributed by atoms with Crippen molar-refractivity contribution < 1.29 is 37.8 Å². The van der Waals surface area contributed by atoms with Gasteiger partial charge < -0.3 is 20.8 Å². The van der Waals surface area contributed by atoms with Gasteiger partial charge in [-0.1, -0.05) is 77.0 Å². The van der Waals surface area contributed by atoms with E-state index in [0.717, 1.165) is 25.7 Å². The van der Waals surface area contributed by atoms with Crippen molar-refractivity contribution >= 4 is 33.6 Å². The van der Waals surface area contributed by atoms with Crippen LogP contribution < -0.4 is 10.6 Å². The molecule has 6 rings (SSSR count). The number of amides is 2. The molecule has 0 spiro atoms. The van der Waals surface area contributed by atoms with Gasteiger partial charge in [-0.25, -0.2) is 8.42 Å². The van der Waals surface area contributed by atoms with Gasteiger partial charge in [0.25, 0.3) is 0 Å². The number of carboxylic acids is 2. The predicted octanol–water partition coefficient (Wildman–Crippen LogP) is 7.43. The molecule has 0 saturated heterocycles. The van der Waals surface area contributed by atoms with Gasteiger partial charge in [0, 0.05) is 12.1 Å². The first-order chi connectivity index (χ1) is 25.5. The van der Waals surface area contributed by atoms with Crippen LogP contribution in [0.2, 0.25) is 0 Å². The summed E-state index contributed by atoms with van der Waals surface area (Å²) in [5.74, 6) is -2.76. The predicted molar refractivity (Wildman–Crippen MR) is 204 cm³/mol. The van der Waals surface area contributed by atoms with Crippen molar-refractivity contribution in [1.29, 1.82) is 0 Å². The smallest absolute Gasteiger partial charge is 0.307 e. The highest BCUT2D eigenvalue weighted by Crippen LogP contribution is 2.42. The van der Waals surface area contributed by atoms with Crippen molar-refractivity contribution in [3.8, 4) is 0 Å². The Balaban J connectivity index is 1.03. The van der Waals surface area contributed by atoms with Crippen LogP contribution in [-0.2, 0) is 29.0 Å². The first-order valence-corrected chi connectivity index (χ1v) is 23.4. The molecule has 6 aliphatic carbocycles. The van der Waals surface area contributed by atoms with Crippen LogP contribution in [0.5, 0.6) is 0 Å². The molecule has 6 fully saturated rings. The fourth-order valence-corrected chi connectivity index (χ4v) is 14.5. The number of carboxylic acid groups (broad SMARTS) is 2. The first kappa shape index (κ1) is 40.5. The molecule has 10 nitrogen and oxygen atoms in total. The van der Waals surface area contributed by atoms with Crippen LogP contribution in [0.4, 0.5) is 0 Å². The lowest BCUT2D eigenvalue weighted by Crippen LogP contribution is -2.50. The molecule has 0 aromatic heterocycles. The van der Waals surface area contributed by atoms with E-state index in [1.807, 2.05) is 0 Å². The summed E-state index contributed by atoms with van der Waals surface area (Å²) in [4.78, 5) is 51.9. The minimum absolute atomic E-state index is 0.224. The minimum atomic E-state index is -3.56. The molecule has 0 heterocycles. The van der Waals surface area contributed by atoms with Crippen LogP contribution >= 0.6 is 0 Å². The average Bonchev–Trinajstić information content (AvgIpc) is 3.15. The van der Waals surface area contributed by atoms with Crippen molar-refractivity contribution in [2.45, 2.75) is 190 Å². The Morgan fingerprint density at radius 1 is 0.434 bits per heavy atom. The maximum absolute atomic E-state index is 14.2. The Morgan fingerprint density at radius 2 is 0.830 bits per heavy atom. The molecule has 10 atom stereocenters. The molecule has 0 radical (unpaired) electrons. The molecule has 0 aromatic rings. The summed E-state index contributed by atoms with van der Waals surface area (Å²) >= 11 is 0. The van der Waals surface area contributed by atoms with E-state index in [1.54, 1.807) is 0 Å². The van der Waals surface area contributed by atoms with Crippen LogP contribution in [0.3, 0.4) is 0 Å². The largest absolute Gasteiger partial charge is 0.481 e. The Kier molecular flexibility index (Phi) is 14.2. The van der Waals surface area contributed by atoms with Gasteiger partial charge in [0.1, 0.15) is 0 Å². The van der Waals surface area contributed by atoms with E-state index in [4.69, 9.17) is 0 Å². The number of nitrogens with one attached hydrogen (secondary N) is 2. The summed E-state index contributed by atoms with van der Waals surface area (Å²) in [6.45, 7) is 0. The molecule has 0 aromatic carbocycles. The molecule has 4 N–H and O–H groups in total.